The van der Waals surface area contributed by atoms with Crippen LogP contribution in [0.2, 0.25) is 0 Å². The highest BCUT2D eigenvalue weighted by atomic mass is 79.9. The number of ether oxygens (including phenoxy) is 2. The number of urea groups is 1. The minimum atomic E-state index is -0.120. The maximum Gasteiger partial charge on any atom is 0.317 e. The van der Waals surface area contributed by atoms with E-state index in [0.717, 1.165) is 27.1 Å². The Morgan fingerprint density at radius 2 is 1.84 bits per heavy atom. The Hall–Kier alpha value is -2.21. The third-order valence-electron chi connectivity index (χ3n) is 4.08. The Morgan fingerprint density at radius 3 is 2.56 bits per heavy atom. The van der Waals surface area contributed by atoms with Crippen LogP contribution in [0.4, 0.5) is 4.79 Å². The maximum atomic E-state index is 12.4. The lowest BCUT2D eigenvalue weighted by Gasteiger charge is -2.23. The predicted octanol–water partition coefficient (Wildman–Crippen LogP) is 4.12. The molecule has 1 heterocycles. The van der Waals surface area contributed by atoms with Gasteiger partial charge in [-0.2, -0.15) is 0 Å². The van der Waals surface area contributed by atoms with Gasteiger partial charge in [-0.15, -0.1) is 0 Å². The zero-order chi connectivity index (χ0) is 17.8. The van der Waals surface area contributed by atoms with Gasteiger partial charge in [-0.25, -0.2) is 4.79 Å². The Balaban J connectivity index is 1.59. The molecule has 1 unspecified atom stereocenters. The van der Waals surface area contributed by atoms with Crippen LogP contribution < -0.4 is 14.8 Å². The molecule has 1 N–H and O–H groups in total. The fraction of sp³-hybridized carbons (Fsp3) is 0.316. The molecule has 0 aromatic heterocycles. The summed E-state index contributed by atoms with van der Waals surface area (Å²) in [5.41, 5.74) is 2.06. The lowest BCUT2D eigenvalue weighted by molar-refractivity contribution is 0.171. The van der Waals surface area contributed by atoms with Crippen LogP contribution in [0.25, 0.3) is 0 Å². The zero-order valence-corrected chi connectivity index (χ0v) is 15.9. The number of rotatable bonds is 4. The third-order valence-corrected chi connectivity index (χ3v) is 4.61. The molecule has 1 aliphatic heterocycles. The third kappa shape index (κ3) is 4.45. The summed E-state index contributed by atoms with van der Waals surface area (Å²) in [5, 5.41) is 3.01. The highest BCUT2D eigenvalue weighted by molar-refractivity contribution is 9.10. The molecule has 0 aliphatic carbocycles. The highest BCUT2D eigenvalue weighted by Crippen LogP contribution is 2.31. The van der Waals surface area contributed by atoms with Crippen LogP contribution in [0, 0.1) is 0 Å². The molecule has 1 atom stereocenters. The van der Waals surface area contributed by atoms with Crippen molar-refractivity contribution >= 4 is 22.0 Å². The predicted molar refractivity (Wildman–Crippen MR) is 100.0 cm³/mol. The zero-order valence-electron chi connectivity index (χ0n) is 14.3. The maximum absolute atomic E-state index is 12.4. The number of nitrogens with zero attached hydrogens (tertiary/aromatic N) is 1. The molecule has 6 heteroatoms. The number of nitrogens with one attached hydrogen (secondary N) is 1. The van der Waals surface area contributed by atoms with E-state index in [0.29, 0.717) is 19.8 Å². The molecule has 0 spiro atoms. The molecule has 25 heavy (non-hydrogen) atoms. The first-order valence-electron chi connectivity index (χ1n) is 8.18. The number of carbonyl (C=O) groups is 1. The van der Waals surface area contributed by atoms with Crippen molar-refractivity contribution in [2.75, 3.05) is 20.3 Å². The van der Waals surface area contributed by atoms with E-state index in [2.05, 4.69) is 21.2 Å². The molecule has 0 radical (unpaired) electrons. The molecule has 5 nitrogen and oxygen atoms in total. The van der Waals surface area contributed by atoms with E-state index >= 15 is 0 Å². The molecule has 2 amide bonds. The van der Waals surface area contributed by atoms with Gasteiger partial charge in [-0.05, 0) is 42.3 Å². The van der Waals surface area contributed by atoms with Gasteiger partial charge in [0, 0.05) is 18.1 Å². The van der Waals surface area contributed by atoms with Crippen LogP contribution in [0.5, 0.6) is 11.5 Å². The van der Waals surface area contributed by atoms with Crippen LogP contribution in [0.15, 0.2) is 46.9 Å². The number of halogens is 1. The van der Waals surface area contributed by atoms with E-state index in [9.17, 15) is 4.79 Å². The van der Waals surface area contributed by atoms with Crippen molar-refractivity contribution in [3.63, 3.8) is 0 Å². The summed E-state index contributed by atoms with van der Waals surface area (Å²) in [6.45, 7) is 3.59. The Labute approximate surface area is 156 Å². The van der Waals surface area contributed by atoms with Gasteiger partial charge in [0.1, 0.15) is 13.2 Å². The quantitative estimate of drug-likeness (QED) is 0.833. The van der Waals surface area contributed by atoms with Crippen molar-refractivity contribution < 1.29 is 14.3 Å². The summed E-state index contributed by atoms with van der Waals surface area (Å²) in [6, 6.07) is 13.5. The van der Waals surface area contributed by atoms with E-state index in [1.54, 1.807) is 11.9 Å². The van der Waals surface area contributed by atoms with E-state index < -0.39 is 0 Å². The van der Waals surface area contributed by atoms with E-state index in [1.165, 1.54) is 0 Å². The van der Waals surface area contributed by atoms with Gasteiger partial charge < -0.3 is 19.7 Å². The first kappa shape index (κ1) is 17.6. The highest BCUT2D eigenvalue weighted by Gasteiger charge is 2.16. The molecule has 2 aromatic rings. The van der Waals surface area contributed by atoms with Gasteiger partial charge in [0.15, 0.2) is 11.5 Å². The molecule has 0 fully saturated rings. The van der Waals surface area contributed by atoms with Crippen molar-refractivity contribution in [1.29, 1.82) is 0 Å². The lowest BCUT2D eigenvalue weighted by Crippen LogP contribution is -2.38. The number of hydrogen-bond donors (Lipinski definition) is 1. The second kappa shape index (κ2) is 7.78. The first-order chi connectivity index (χ1) is 12.0. The molecule has 0 saturated heterocycles. The van der Waals surface area contributed by atoms with Crippen molar-refractivity contribution in [3.8, 4) is 11.5 Å². The van der Waals surface area contributed by atoms with Crippen LogP contribution in [-0.4, -0.2) is 31.2 Å². The SMILES string of the molecule is CC(NC(=O)N(C)Cc1ccc2c(c1)OCCO2)c1ccc(Br)cc1. The monoisotopic (exact) mass is 404 g/mol. The van der Waals surface area contributed by atoms with Gasteiger partial charge in [0.25, 0.3) is 0 Å². The Bertz CT molecular complexity index is 749. The van der Waals surface area contributed by atoms with Crippen LogP contribution in [-0.2, 0) is 6.54 Å². The Morgan fingerprint density at radius 1 is 1.16 bits per heavy atom. The summed E-state index contributed by atoms with van der Waals surface area (Å²) in [6.07, 6.45) is 0. The van der Waals surface area contributed by atoms with Crippen molar-refractivity contribution in [2.45, 2.75) is 19.5 Å². The summed E-state index contributed by atoms with van der Waals surface area (Å²) < 4.78 is 12.1. The van der Waals surface area contributed by atoms with Gasteiger partial charge in [0.05, 0.1) is 6.04 Å². The number of carbonyl (C=O) groups excluding carboxylic acids is 1. The van der Waals surface area contributed by atoms with Gasteiger partial charge in [-0.3, -0.25) is 0 Å². The smallest absolute Gasteiger partial charge is 0.317 e. The van der Waals surface area contributed by atoms with Crippen molar-refractivity contribution in [1.82, 2.24) is 10.2 Å². The van der Waals surface area contributed by atoms with E-state index in [-0.39, 0.29) is 12.1 Å². The standard InChI is InChI=1S/C19H21BrN2O3/c1-13(15-4-6-16(20)7-5-15)21-19(23)22(2)12-14-3-8-17-18(11-14)25-10-9-24-17/h3-8,11,13H,9-10,12H2,1-2H3,(H,21,23). The van der Waals surface area contributed by atoms with E-state index in [4.69, 9.17) is 9.47 Å². The normalized spacial score (nSPS) is 13.9. The topological polar surface area (TPSA) is 50.8 Å². The van der Waals surface area contributed by atoms with Gasteiger partial charge in [0.2, 0.25) is 0 Å². The largest absolute Gasteiger partial charge is 0.486 e. The molecule has 3 rings (SSSR count). The second-order valence-electron chi connectivity index (χ2n) is 6.06. The second-order valence-corrected chi connectivity index (χ2v) is 6.97. The van der Waals surface area contributed by atoms with Gasteiger partial charge in [-0.1, -0.05) is 34.1 Å². The first-order valence-corrected chi connectivity index (χ1v) is 8.98. The molecule has 1 aliphatic rings. The fourth-order valence-electron chi connectivity index (χ4n) is 2.66. The number of hydrogen-bond acceptors (Lipinski definition) is 3. The average molecular weight is 405 g/mol. The van der Waals surface area contributed by atoms with Crippen molar-refractivity contribution in [2.24, 2.45) is 0 Å². The van der Waals surface area contributed by atoms with E-state index in [1.807, 2.05) is 49.4 Å². The number of amides is 2. The summed E-state index contributed by atoms with van der Waals surface area (Å²) >= 11 is 3.42. The average Bonchev–Trinajstić information content (AvgIpc) is 2.62. The summed E-state index contributed by atoms with van der Waals surface area (Å²) in [4.78, 5) is 14.1. The van der Waals surface area contributed by atoms with Crippen LogP contribution in [0.1, 0.15) is 24.1 Å². The minimum Gasteiger partial charge on any atom is -0.486 e. The number of fused-ring (bicyclic) bond motifs is 1. The fourth-order valence-corrected chi connectivity index (χ4v) is 2.93. The molecule has 0 saturated carbocycles. The minimum absolute atomic E-state index is 0.0664. The summed E-state index contributed by atoms with van der Waals surface area (Å²) in [7, 11) is 1.78. The molecule has 132 valence electrons. The summed E-state index contributed by atoms with van der Waals surface area (Å²) in [5.74, 6) is 1.49. The Kier molecular flexibility index (Phi) is 5.48. The van der Waals surface area contributed by atoms with Crippen LogP contribution >= 0.6 is 15.9 Å². The molecular formula is C19H21BrN2O3. The van der Waals surface area contributed by atoms with Gasteiger partial charge >= 0.3 is 6.03 Å². The molecule has 2 aromatic carbocycles. The number of benzene rings is 2. The van der Waals surface area contributed by atoms with Crippen LogP contribution in [0.3, 0.4) is 0 Å². The molecular weight excluding hydrogens is 384 g/mol. The lowest BCUT2D eigenvalue weighted by atomic mass is 10.1. The molecule has 0 bridgehead atoms. The van der Waals surface area contributed by atoms with Crippen molar-refractivity contribution in [3.05, 3.63) is 58.1 Å².